The monoisotopic (exact) mass is 260 g/mol. The van der Waals surface area contributed by atoms with Gasteiger partial charge in [-0.05, 0) is 23.8 Å². The van der Waals surface area contributed by atoms with Gasteiger partial charge in [0.2, 0.25) is 0 Å². The summed E-state index contributed by atoms with van der Waals surface area (Å²) in [6, 6.07) is 5.75. The SMILES string of the molecule is C=CCN(CC=C)C(=O)N/C=C/c1ccc(F)cc1. The molecule has 0 spiro atoms. The number of urea groups is 1. The molecule has 1 aromatic rings. The van der Waals surface area contributed by atoms with E-state index >= 15 is 0 Å². The Morgan fingerprint density at radius 3 is 2.32 bits per heavy atom. The molecular weight excluding hydrogens is 243 g/mol. The number of halogens is 1. The van der Waals surface area contributed by atoms with Gasteiger partial charge in [-0.3, -0.25) is 0 Å². The molecule has 0 fully saturated rings. The van der Waals surface area contributed by atoms with Crippen LogP contribution >= 0.6 is 0 Å². The van der Waals surface area contributed by atoms with Crippen LogP contribution < -0.4 is 5.32 Å². The molecule has 0 bridgehead atoms. The summed E-state index contributed by atoms with van der Waals surface area (Å²) in [4.78, 5) is 13.3. The third kappa shape index (κ3) is 5.21. The van der Waals surface area contributed by atoms with Gasteiger partial charge in [0.25, 0.3) is 0 Å². The van der Waals surface area contributed by atoms with Crippen LogP contribution in [0.1, 0.15) is 5.56 Å². The van der Waals surface area contributed by atoms with Crippen LogP contribution in [0.25, 0.3) is 6.08 Å². The molecule has 1 rings (SSSR count). The average molecular weight is 260 g/mol. The van der Waals surface area contributed by atoms with Gasteiger partial charge in [-0.2, -0.15) is 0 Å². The molecule has 1 N–H and O–H groups in total. The van der Waals surface area contributed by atoms with Gasteiger partial charge >= 0.3 is 6.03 Å². The highest BCUT2D eigenvalue weighted by molar-refractivity contribution is 5.76. The fraction of sp³-hybridized carbons (Fsp3) is 0.133. The third-order valence-electron chi connectivity index (χ3n) is 2.34. The maximum absolute atomic E-state index is 12.7. The molecule has 1 aromatic carbocycles. The molecule has 0 aliphatic heterocycles. The summed E-state index contributed by atoms with van der Waals surface area (Å²) < 4.78 is 12.7. The molecule has 0 saturated heterocycles. The number of nitrogens with zero attached hydrogens (tertiary/aromatic N) is 1. The molecule has 0 unspecified atom stereocenters. The van der Waals surface area contributed by atoms with Crippen LogP contribution in [-0.4, -0.2) is 24.0 Å². The van der Waals surface area contributed by atoms with Crippen LogP contribution in [0.4, 0.5) is 9.18 Å². The Kier molecular flexibility index (Phi) is 6.09. The van der Waals surface area contributed by atoms with Crippen LogP contribution in [0.15, 0.2) is 55.8 Å². The lowest BCUT2D eigenvalue weighted by atomic mass is 10.2. The second-order valence-electron chi connectivity index (χ2n) is 3.82. The highest BCUT2D eigenvalue weighted by Crippen LogP contribution is 2.04. The first-order valence-electron chi connectivity index (χ1n) is 5.86. The minimum Gasteiger partial charge on any atom is -0.317 e. The molecule has 0 heterocycles. The predicted molar refractivity (Wildman–Crippen MR) is 75.9 cm³/mol. The minimum atomic E-state index is -0.288. The Balaban J connectivity index is 2.54. The normalized spacial score (nSPS) is 10.2. The van der Waals surface area contributed by atoms with E-state index in [2.05, 4.69) is 18.5 Å². The van der Waals surface area contributed by atoms with Crippen molar-refractivity contribution in [3.8, 4) is 0 Å². The maximum atomic E-state index is 12.7. The van der Waals surface area contributed by atoms with Crippen molar-refractivity contribution in [2.24, 2.45) is 0 Å². The van der Waals surface area contributed by atoms with Crippen LogP contribution in [0.5, 0.6) is 0 Å². The van der Waals surface area contributed by atoms with Crippen molar-refractivity contribution in [2.45, 2.75) is 0 Å². The molecule has 3 nitrogen and oxygen atoms in total. The standard InChI is InChI=1S/C15H17FN2O/c1-3-11-18(12-4-2)15(19)17-10-9-13-5-7-14(16)8-6-13/h3-10H,1-2,11-12H2,(H,17,19)/b10-9+. The summed E-state index contributed by atoms with van der Waals surface area (Å²) >= 11 is 0. The lowest BCUT2D eigenvalue weighted by molar-refractivity contribution is 0.212. The first-order chi connectivity index (χ1) is 9.17. The van der Waals surface area contributed by atoms with Gasteiger partial charge in [-0.15, -0.1) is 13.2 Å². The second-order valence-corrected chi connectivity index (χ2v) is 3.82. The fourth-order valence-electron chi connectivity index (χ4n) is 1.43. The van der Waals surface area contributed by atoms with E-state index in [1.807, 2.05) is 0 Å². The Hall–Kier alpha value is -2.36. The van der Waals surface area contributed by atoms with Crippen LogP contribution in [0.3, 0.4) is 0 Å². The van der Waals surface area contributed by atoms with Crippen LogP contribution in [-0.2, 0) is 0 Å². The molecule has 100 valence electrons. The van der Waals surface area contributed by atoms with E-state index in [9.17, 15) is 9.18 Å². The Labute approximate surface area is 112 Å². The fourth-order valence-corrected chi connectivity index (χ4v) is 1.43. The number of benzene rings is 1. The second kappa shape index (κ2) is 7.87. The predicted octanol–water partition coefficient (Wildman–Crippen LogP) is 3.18. The lowest BCUT2D eigenvalue weighted by Crippen LogP contribution is -2.37. The zero-order valence-corrected chi connectivity index (χ0v) is 10.7. The van der Waals surface area contributed by atoms with Gasteiger partial charge in [0, 0.05) is 19.3 Å². The highest BCUT2D eigenvalue weighted by atomic mass is 19.1. The van der Waals surface area contributed by atoms with Crippen LogP contribution in [0, 0.1) is 5.82 Å². The maximum Gasteiger partial charge on any atom is 0.321 e. The van der Waals surface area contributed by atoms with E-state index in [0.717, 1.165) is 5.56 Å². The van der Waals surface area contributed by atoms with Crippen molar-refractivity contribution < 1.29 is 9.18 Å². The molecule has 0 atom stereocenters. The van der Waals surface area contributed by atoms with Gasteiger partial charge in [-0.1, -0.05) is 24.3 Å². The average Bonchev–Trinajstić information content (AvgIpc) is 2.40. The summed E-state index contributed by atoms with van der Waals surface area (Å²) in [5, 5.41) is 2.63. The molecule has 0 saturated carbocycles. The number of nitrogens with one attached hydrogen (secondary N) is 1. The molecule has 0 radical (unpaired) electrons. The topological polar surface area (TPSA) is 32.3 Å². The van der Waals surface area contributed by atoms with E-state index in [0.29, 0.717) is 13.1 Å². The van der Waals surface area contributed by atoms with Gasteiger partial charge in [0.05, 0.1) is 0 Å². The Morgan fingerprint density at radius 1 is 1.21 bits per heavy atom. The van der Waals surface area contributed by atoms with Crippen molar-refractivity contribution in [3.05, 3.63) is 67.2 Å². The number of rotatable bonds is 6. The quantitative estimate of drug-likeness (QED) is 0.783. The zero-order chi connectivity index (χ0) is 14.1. The van der Waals surface area contributed by atoms with Crippen molar-refractivity contribution in [2.75, 3.05) is 13.1 Å². The van der Waals surface area contributed by atoms with Gasteiger partial charge in [0.1, 0.15) is 5.82 Å². The Bertz CT molecular complexity index is 456. The van der Waals surface area contributed by atoms with E-state index in [4.69, 9.17) is 0 Å². The minimum absolute atomic E-state index is 0.238. The summed E-state index contributed by atoms with van der Waals surface area (Å²) in [6.45, 7) is 8.08. The molecule has 0 aromatic heterocycles. The van der Waals surface area contributed by atoms with Crippen molar-refractivity contribution in [3.63, 3.8) is 0 Å². The van der Waals surface area contributed by atoms with Gasteiger partial charge in [0.15, 0.2) is 0 Å². The van der Waals surface area contributed by atoms with Crippen molar-refractivity contribution >= 4 is 12.1 Å². The number of amides is 2. The van der Waals surface area contributed by atoms with Crippen LogP contribution in [0.2, 0.25) is 0 Å². The van der Waals surface area contributed by atoms with Crippen molar-refractivity contribution in [1.82, 2.24) is 10.2 Å². The van der Waals surface area contributed by atoms with Gasteiger partial charge < -0.3 is 10.2 Å². The molecule has 19 heavy (non-hydrogen) atoms. The van der Waals surface area contributed by atoms with E-state index in [1.165, 1.54) is 18.3 Å². The first kappa shape index (κ1) is 14.7. The molecule has 0 aliphatic rings. The third-order valence-corrected chi connectivity index (χ3v) is 2.34. The summed E-state index contributed by atoms with van der Waals surface area (Å²) in [7, 11) is 0. The largest absolute Gasteiger partial charge is 0.321 e. The molecular formula is C15H17FN2O. The summed E-state index contributed by atoms with van der Waals surface area (Å²) in [6.07, 6.45) is 6.51. The molecule has 2 amide bonds. The lowest BCUT2D eigenvalue weighted by Gasteiger charge is -2.18. The van der Waals surface area contributed by atoms with E-state index in [-0.39, 0.29) is 11.8 Å². The van der Waals surface area contributed by atoms with Gasteiger partial charge in [-0.25, -0.2) is 9.18 Å². The Morgan fingerprint density at radius 2 is 1.79 bits per heavy atom. The zero-order valence-electron chi connectivity index (χ0n) is 10.7. The van der Waals surface area contributed by atoms with Crippen molar-refractivity contribution in [1.29, 1.82) is 0 Å². The first-order valence-corrected chi connectivity index (χ1v) is 5.86. The molecule has 0 aliphatic carbocycles. The number of carbonyl (C=O) groups excluding carboxylic acids is 1. The molecule has 4 heteroatoms. The summed E-state index contributed by atoms with van der Waals surface area (Å²) in [5.41, 5.74) is 0.806. The summed E-state index contributed by atoms with van der Waals surface area (Å²) in [5.74, 6) is -0.288. The van der Waals surface area contributed by atoms with E-state index < -0.39 is 0 Å². The highest BCUT2D eigenvalue weighted by Gasteiger charge is 2.07. The number of hydrogen-bond donors (Lipinski definition) is 1. The number of hydrogen-bond acceptors (Lipinski definition) is 1. The smallest absolute Gasteiger partial charge is 0.317 e. The van der Waals surface area contributed by atoms with E-state index in [1.54, 1.807) is 35.3 Å². The number of carbonyl (C=O) groups is 1.